The number of aromatic nitrogens is 2. The van der Waals surface area contributed by atoms with Crippen LogP contribution in [0.3, 0.4) is 0 Å². The van der Waals surface area contributed by atoms with E-state index in [4.69, 9.17) is 23.8 Å². The highest BCUT2D eigenvalue weighted by atomic mass is 79.9. The van der Waals surface area contributed by atoms with Crippen molar-refractivity contribution in [2.45, 2.75) is 37.6 Å². The first-order valence-corrected chi connectivity index (χ1v) is 11.7. The maximum atomic E-state index is 5.91. The summed E-state index contributed by atoms with van der Waals surface area (Å²) in [5.41, 5.74) is 3.84. The highest BCUT2D eigenvalue weighted by molar-refractivity contribution is 9.10. The molecule has 9 heteroatoms. The van der Waals surface area contributed by atoms with Gasteiger partial charge in [-0.2, -0.15) is 0 Å². The molecule has 0 bridgehead atoms. The quantitative estimate of drug-likeness (QED) is 0.317. The summed E-state index contributed by atoms with van der Waals surface area (Å²) < 4.78 is 25.6. The lowest BCUT2D eigenvalue weighted by atomic mass is 9.99. The molecular formula is C25H28BrN3O5. The van der Waals surface area contributed by atoms with Crippen LogP contribution in [0.25, 0.3) is 16.9 Å². The second-order valence-corrected chi connectivity index (χ2v) is 8.83. The Morgan fingerprint density at radius 3 is 2.26 bits per heavy atom. The lowest BCUT2D eigenvalue weighted by Gasteiger charge is -2.42. The third-order valence-electron chi connectivity index (χ3n) is 5.82. The molecule has 0 unspecified atom stereocenters. The predicted molar refractivity (Wildman–Crippen MR) is 132 cm³/mol. The van der Waals surface area contributed by atoms with Gasteiger partial charge in [-0.1, -0.05) is 45.4 Å². The van der Waals surface area contributed by atoms with Gasteiger partial charge in [-0.3, -0.25) is 0 Å². The topological polar surface area (TPSA) is 76.3 Å². The molecule has 3 aromatic rings. The Labute approximate surface area is 207 Å². The molecule has 2 heterocycles. The number of hydrogen-bond donors (Lipinski definition) is 0. The minimum atomic E-state index is -0.713. The van der Waals surface area contributed by atoms with Crippen molar-refractivity contribution >= 4 is 22.1 Å². The molecule has 180 valence electrons. The molecule has 0 spiro atoms. The van der Waals surface area contributed by atoms with Crippen molar-refractivity contribution in [3.63, 3.8) is 0 Å². The molecular weight excluding hydrogens is 502 g/mol. The molecule has 0 radical (unpaired) electrons. The van der Waals surface area contributed by atoms with Crippen molar-refractivity contribution in [1.29, 1.82) is 0 Å². The highest BCUT2D eigenvalue weighted by Crippen LogP contribution is 2.27. The number of rotatable bonds is 8. The standard InChI is InChI=1S/C25H28BrN3O5/c1-16-22(30-2)23(31-3)24(32-4)25(33-16)34-28-13-17-5-11-20(12-6-17)29-14-21(27-15-29)18-7-9-19(26)10-8-18/h5-16,22-25H,1-4H3/b28-13+/t16-,22-,23+,24+,25-/m0/s1. The molecule has 0 amide bonds. The Kier molecular flexibility index (Phi) is 8.12. The normalized spacial score (nSPS) is 25.0. The van der Waals surface area contributed by atoms with Crippen molar-refractivity contribution in [3.05, 3.63) is 71.1 Å². The number of oxime groups is 1. The van der Waals surface area contributed by atoms with E-state index >= 15 is 0 Å². The van der Waals surface area contributed by atoms with E-state index in [1.54, 1.807) is 33.9 Å². The molecule has 34 heavy (non-hydrogen) atoms. The summed E-state index contributed by atoms with van der Waals surface area (Å²) in [5, 5.41) is 4.12. The molecule has 0 N–H and O–H groups in total. The van der Waals surface area contributed by atoms with Gasteiger partial charge in [0, 0.05) is 43.2 Å². The lowest BCUT2D eigenvalue weighted by Crippen LogP contribution is -2.59. The van der Waals surface area contributed by atoms with Gasteiger partial charge in [0.2, 0.25) is 0 Å². The summed E-state index contributed by atoms with van der Waals surface area (Å²) in [7, 11) is 4.82. The summed E-state index contributed by atoms with van der Waals surface area (Å²) in [4.78, 5) is 10.1. The van der Waals surface area contributed by atoms with Crippen LogP contribution in [0.5, 0.6) is 0 Å². The number of hydrogen-bond acceptors (Lipinski definition) is 7. The number of nitrogens with zero attached hydrogens (tertiary/aromatic N) is 3. The smallest absolute Gasteiger partial charge is 0.256 e. The summed E-state index contributed by atoms with van der Waals surface area (Å²) in [5.74, 6) is 0. The van der Waals surface area contributed by atoms with E-state index in [2.05, 4.69) is 26.1 Å². The third kappa shape index (κ3) is 5.39. The summed E-state index contributed by atoms with van der Waals surface area (Å²) >= 11 is 3.46. The van der Waals surface area contributed by atoms with Crippen LogP contribution in [0.2, 0.25) is 0 Å². The fraction of sp³-hybridized carbons (Fsp3) is 0.360. The molecule has 5 atom stereocenters. The van der Waals surface area contributed by atoms with E-state index in [0.717, 1.165) is 27.0 Å². The summed E-state index contributed by atoms with van der Waals surface area (Å²) in [6, 6.07) is 16.0. The second kappa shape index (κ2) is 11.2. The third-order valence-corrected chi connectivity index (χ3v) is 6.35. The molecule has 0 aliphatic carbocycles. The molecule has 1 fully saturated rings. The number of imidazole rings is 1. The minimum Gasteiger partial charge on any atom is -0.376 e. The van der Waals surface area contributed by atoms with Crippen molar-refractivity contribution in [2.24, 2.45) is 5.16 Å². The first-order valence-electron chi connectivity index (χ1n) is 10.9. The van der Waals surface area contributed by atoms with E-state index in [0.29, 0.717) is 0 Å². The Morgan fingerprint density at radius 2 is 1.62 bits per heavy atom. The molecule has 8 nitrogen and oxygen atoms in total. The molecule has 4 rings (SSSR count). The molecule has 0 saturated carbocycles. The molecule has 1 aliphatic heterocycles. The van der Waals surface area contributed by atoms with E-state index in [9.17, 15) is 0 Å². The van der Waals surface area contributed by atoms with Gasteiger partial charge in [0.15, 0.2) is 6.10 Å². The Bertz CT molecular complexity index is 1090. The second-order valence-electron chi connectivity index (χ2n) is 7.92. The van der Waals surface area contributed by atoms with Gasteiger partial charge in [0.1, 0.15) is 12.2 Å². The van der Waals surface area contributed by atoms with Gasteiger partial charge in [0.05, 0.1) is 24.3 Å². The zero-order chi connectivity index (χ0) is 24.1. The highest BCUT2D eigenvalue weighted by Gasteiger charge is 2.46. The van der Waals surface area contributed by atoms with Crippen LogP contribution in [0.15, 0.2) is 70.7 Å². The predicted octanol–water partition coefficient (Wildman–Crippen LogP) is 4.44. The molecule has 1 aromatic heterocycles. The fourth-order valence-electron chi connectivity index (χ4n) is 4.02. The number of benzene rings is 2. The minimum absolute atomic E-state index is 0.238. The van der Waals surface area contributed by atoms with Crippen LogP contribution in [0.4, 0.5) is 0 Å². The van der Waals surface area contributed by atoms with Crippen molar-refractivity contribution in [3.8, 4) is 16.9 Å². The summed E-state index contributed by atoms with van der Waals surface area (Å²) in [6.45, 7) is 1.91. The van der Waals surface area contributed by atoms with Gasteiger partial charge in [-0.15, -0.1) is 0 Å². The van der Waals surface area contributed by atoms with E-state index < -0.39 is 12.4 Å². The average molecular weight is 530 g/mol. The largest absolute Gasteiger partial charge is 0.376 e. The zero-order valence-electron chi connectivity index (χ0n) is 19.5. The maximum absolute atomic E-state index is 5.91. The Balaban J connectivity index is 1.40. The maximum Gasteiger partial charge on any atom is 0.256 e. The number of ether oxygens (including phenoxy) is 4. The zero-order valence-corrected chi connectivity index (χ0v) is 21.1. The van der Waals surface area contributed by atoms with Crippen LogP contribution in [0, 0.1) is 0 Å². The first-order chi connectivity index (χ1) is 16.5. The van der Waals surface area contributed by atoms with Crippen molar-refractivity contribution in [2.75, 3.05) is 21.3 Å². The van der Waals surface area contributed by atoms with E-state index in [1.165, 1.54) is 0 Å². The SMILES string of the molecule is CO[C@@H]1[C@@H](OC)[C@H](C)O[C@@H](O/N=C/c2ccc(-n3cnc(-c4ccc(Br)cc4)c3)cc2)[C@@H]1OC. The van der Waals surface area contributed by atoms with E-state index in [1.807, 2.05) is 66.2 Å². The molecule has 1 aliphatic rings. The molecule has 2 aromatic carbocycles. The Hall–Kier alpha value is -2.56. The first kappa shape index (κ1) is 24.6. The van der Waals surface area contributed by atoms with Crippen LogP contribution in [-0.4, -0.2) is 67.8 Å². The van der Waals surface area contributed by atoms with Crippen molar-refractivity contribution < 1.29 is 23.8 Å². The number of halogens is 1. The van der Waals surface area contributed by atoms with Gasteiger partial charge in [-0.05, 0) is 36.8 Å². The van der Waals surface area contributed by atoms with Gasteiger partial charge in [-0.25, -0.2) is 4.98 Å². The van der Waals surface area contributed by atoms with Crippen molar-refractivity contribution in [1.82, 2.24) is 9.55 Å². The van der Waals surface area contributed by atoms with Crippen LogP contribution in [-0.2, 0) is 23.8 Å². The summed E-state index contributed by atoms with van der Waals surface area (Å²) in [6.07, 6.45) is 3.40. The number of methoxy groups -OCH3 is 3. The Morgan fingerprint density at radius 1 is 0.941 bits per heavy atom. The lowest BCUT2D eigenvalue weighted by molar-refractivity contribution is -0.305. The van der Waals surface area contributed by atoms with Gasteiger partial charge >= 0.3 is 0 Å². The average Bonchev–Trinajstić information content (AvgIpc) is 3.35. The van der Waals surface area contributed by atoms with Gasteiger partial charge < -0.3 is 28.4 Å². The van der Waals surface area contributed by atoms with Crippen LogP contribution in [0.1, 0.15) is 12.5 Å². The monoisotopic (exact) mass is 529 g/mol. The molecule has 1 saturated heterocycles. The van der Waals surface area contributed by atoms with Gasteiger partial charge in [0.25, 0.3) is 6.29 Å². The van der Waals surface area contributed by atoms with Crippen LogP contribution >= 0.6 is 15.9 Å². The van der Waals surface area contributed by atoms with Crippen LogP contribution < -0.4 is 0 Å². The fourth-order valence-corrected chi connectivity index (χ4v) is 4.28. The van der Waals surface area contributed by atoms with E-state index in [-0.39, 0.29) is 18.3 Å².